The summed E-state index contributed by atoms with van der Waals surface area (Å²) in [7, 11) is -3.60. The highest BCUT2D eigenvalue weighted by Gasteiger charge is 2.33. The van der Waals surface area contributed by atoms with E-state index in [1.165, 1.54) is 22.1 Å². The van der Waals surface area contributed by atoms with Gasteiger partial charge in [-0.1, -0.05) is 35.9 Å². The summed E-state index contributed by atoms with van der Waals surface area (Å²) >= 11 is 7.49. The van der Waals surface area contributed by atoms with E-state index >= 15 is 0 Å². The molecule has 1 amide bonds. The number of halogens is 2. The number of rotatable bonds is 8. The second-order valence-electron chi connectivity index (χ2n) is 7.06. The molecule has 0 aromatic heterocycles. The summed E-state index contributed by atoms with van der Waals surface area (Å²) in [5.74, 6) is 0.181. The molecule has 1 aliphatic rings. The van der Waals surface area contributed by atoms with Gasteiger partial charge in [-0.15, -0.1) is 0 Å². The van der Waals surface area contributed by atoms with Gasteiger partial charge >= 0.3 is 0 Å². The van der Waals surface area contributed by atoms with Crippen LogP contribution in [0.5, 0.6) is 0 Å². The molecule has 5 nitrogen and oxygen atoms in total. The number of carbonyl (C=O) groups excluding carboxylic acids is 1. The van der Waals surface area contributed by atoms with Crippen LogP contribution in [0.15, 0.2) is 53.4 Å². The van der Waals surface area contributed by atoms with Crippen molar-refractivity contribution in [2.24, 2.45) is 5.92 Å². The number of nitrogens with zero attached hydrogens (tertiary/aromatic N) is 1. The molecule has 0 aliphatic carbocycles. The van der Waals surface area contributed by atoms with E-state index in [1.807, 2.05) is 0 Å². The zero-order valence-electron chi connectivity index (χ0n) is 16.4. The fourth-order valence-corrected chi connectivity index (χ4v) is 6.09. The highest BCUT2D eigenvalue weighted by molar-refractivity contribution is 7.98. The smallest absolute Gasteiger partial charge is 0.243 e. The molecule has 2 aromatic carbocycles. The number of amides is 1. The maximum Gasteiger partial charge on any atom is 0.243 e. The average molecular weight is 471 g/mol. The van der Waals surface area contributed by atoms with Gasteiger partial charge in [0, 0.05) is 41.7 Å². The van der Waals surface area contributed by atoms with Crippen molar-refractivity contribution in [3.8, 4) is 0 Å². The molecular weight excluding hydrogens is 447 g/mol. The monoisotopic (exact) mass is 470 g/mol. The van der Waals surface area contributed by atoms with E-state index in [9.17, 15) is 17.6 Å². The fraction of sp³-hybridized carbons (Fsp3) is 0.381. The number of piperidine rings is 1. The minimum absolute atomic E-state index is 0.146. The van der Waals surface area contributed by atoms with E-state index in [1.54, 1.807) is 42.5 Å². The van der Waals surface area contributed by atoms with Gasteiger partial charge in [0.05, 0.1) is 10.8 Å². The number of thioether (sulfide) groups is 1. The zero-order chi connectivity index (χ0) is 21.6. The average Bonchev–Trinajstić information content (AvgIpc) is 2.76. The van der Waals surface area contributed by atoms with Crippen molar-refractivity contribution in [3.05, 3.63) is 64.9 Å². The molecule has 1 fully saturated rings. The molecule has 1 aliphatic heterocycles. The molecule has 1 heterocycles. The Morgan fingerprint density at radius 1 is 1.20 bits per heavy atom. The van der Waals surface area contributed by atoms with Crippen molar-refractivity contribution in [3.63, 3.8) is 0 Å². The minimum atomic E-state index is -3.60. The van der Waals surface area contributed by atoms with E-state index in [4.69, 9.17) is 11.6 Å². The van der Waals surface area contributed by atoms with Crippen molar-refractivity contribution >= 4 is 39.3 Å². The summed E-state index contributed by atoms with van der Waals surface area (Å²) in [5.41, 5.74) is 0.463. The molecule has 1 unspecified atom stereocenters. The van der Waals surface area contributed by atoms with Gasteiger partial charge in [0.15, 0.2) is 0 Å². The first-order chi connectivity index (χ1) is 14.4. The van der Waals surface area contributed by atoms with Crippen LogP contribution in [-0.2, 0) is 20.6 Å². The molecule has 162 valence electrons. The van der Waals surface area contributed by atoms with Gasteiger partial charge in [0.2, 0.25) is 15.9 Å². The lowest BCUT2D eigenvalue weighted by molar-refractivity contribution is -0.125. The van der Waals surface area contributed by atoms with Crippen LogP contribution in [0.1, 0.15) is 18.4 Å². The third-order valence-electron chi connectivity index (χ3n) is 4.99. The topological polar surface area (TPSA) is 66.5 Å². The molecule has 1 saturated heterocycles. The van der Waals surface area contributed by atoms with E-state index in [-0.39, 0.29) is 29.1 Å². The van der Waals surface area contributed by atoms with Crippen LogP contribution in [0.25, 0.3) is 0 Å². The molecule has 0 radical (unpaired) electrons. The molecule has 0 saturated carbocycles. The highest BCUT2D eigenvalue weighted by atomic mass is 35.5. The molecular formula is C21H24ClFN2O3S2. The fourth-order valence-electron chi connectivity index (χ4n) is 3.35. The Kier molecular flexibility index (Phi) is 8.16. The van der Waals surface area contributed by atoms with Gasteiger partial charge in [-0.2, -0.15) is 16.1 Å². The summed E-state index contributed by atoms with van der Waals surface area (Å²) in [6, 6.07) is 12.9. The Bertz CT molecular complexity index is 953. The molecule has 9 heteroatoms. The number of sulfonamides is 1. The Morgan fingerprint density at radius 3 is 2.70 bits per heavy atom. The van der Waals surface area contributed by atoms with E-state index in [2.05, 4.69) is 5.32 Å². The number of carbonyl (C=O) groups is 1. The second kappa shape index (κ2) is 10.6. The third kappa shape index (κ3) is 5.75. The highest BCUT2D eigenvalue weighted by Crippen LogP contribution is 2.25. The first-order valence-corrected chi connectivity index (χ1v) is 12.7. The maximum absolute atomic E-state index is 13.8. The van der Waals surface area contributed by atoms with Crippen LogP contribution in [0.2, 0.25) is 5.02 Å². The number of hydrogen-bond donors (Lipinski definition) is 1. The molecule has 1 N–H and O–H groups in total. The lowest BCUT2D eigenvalue weighted by Crippen LogP contribution is -2.45. The third-order valence-corrected chi connectivity index (χ3v) is 8.21. The predicted molar refractivity (Wildman–Crippen MR) is 119 cm³/mol. The zero-order valence-corrected chi connectivity index (χ0v) is 18.8. The van der Waals surface area contributed by atoms with Crippen LogP contribution in [0, 0.1) is 11.7 Å². The first-order valence-electron chi connectivity index (χ1n) is 9.73. The summed E-state index contributed by atoms with van der Waals surface area (Å²) in [6.45, 7) is 1.03. The number of hydrogen-bond acceptors (Lipinski definition) is 4. The normalized spacial score (nSPS) is 17.6. The van der Waals surface area contributed by atoms with Crippen molar-refractivity contribution in [1.82, 2.24) is 9.62 Å². The van der Waals surface area contributed by atoms with Crippen LogP contribution >= 0.6 is 23.4 Å². The van der Waals surface area contributed by atoms with Gasteiger partial charge in [-0.05, 0) is 37.1 Å². The Balaban J connectivity index is 1.46. The van der Waals surface area contributed by atoms with Crippen LogP contribution in [-0.4, -0.2) is 44.0 Å². The number of benzene rings is 2. The van der Waals surface area contributed by atoms with E-state index < -0.39 is 10.0 Å². The molecule has 30 heavy (non-hydrogen) atoms. The van der Waals surface area contributed by atoms with Gasteiger partial charge in [-0.25, -0.2) is 12.8 Å². The standard InChI is InChI=1S/C21H24ClFN2O3S2/c22-19-9-4-10-20(23)18(19)15-29-13-11-24-21(26)16-6-5-12-25(14-16)30(27,28)17-7-2-1-3-8-17/h1-4,7-10,16H,5-6,11-15H2,(H,24,26). The quantitative estimate of drug-likeness (QED) is 0.593. The first kappa shape index (κ1) is 23.1. The van der Waals surface area contributed by atoms with E-state index in [0.717, 1.165) is 0 Å². The Hall–Kier alpha value is -1.61. The van der Waals surface area contributed by atoms with Crippen LogP contribution in [0.3, 0.4) is 0 Å². The van der Waals surface area contributed by atoms with Gasteiger partial charge < -0.3 is 5.32 Å². The van der Waals surface area contributed by atoms with E-state index in [0.29, 0.717) is 48.0 Å². The summed E-state index contributed by atoms with van der Waals surface area (Å²) < 4.78 is 40.7. The Labute approximate surface area is 186 Å². The molecule has 3 rings (SSSR count). The van der Waals surface area contributed by atoms with Gasteiger partial charge in [0.25, 0.3) is 0 Å². The lowest BCUT2D eigenvalue weighted by atomic mass is 9.99. The number of nitrogens with one attached hydrogen (secondary N) is 1. The summed E-state index contributed by atoms with van der Waals surface area (Å²) in [5, 5.41) is 3.27. The SMILES string of the molecule is O=C(NCCSCc1c(F)cccc1Cl)C1CCCN(S(=O)(=O)c2ccccc2)C1. The lowest BCUT2D eigenvalue weighted by Gasteiger charge is -2.31. The molecule has 1 atom stereocenters. The molecule has 0 spiro atoms. The molecule has 2 aromatic rings. The largest absolute Gasteiger partial charge is 0.355 e. The second-order valence-corrected chi connectivity index (χ2v) is 10.5. The molecule has 0 bridgehead atoms. The summed E-state index contributed by atoms with van der Waals surface area (Å²) in [6.07, 6.45) is 1.30. The predicted octanol–water partition coefficient (Wildman–Crippen LogP) is 3.93. The minimum Gasteiger partial charge on any atom is -0.355 e. The van der Waals surface area contributed by atoms with Crippen molar-refractivity contribution in [2.45, 2.75) is 23.5 Å². The van der Waals surface area contributed by atoms with Crippen molar-refractivity contribution in [2.75, 3.05) is 25.4 Å². The van der Waals surface area contributed by atoms with Crippen molar-refractivity contribution < 1.29 is 17.6 Å². The van der Waals surface area contributed by atoms with Gasteiger partial charge in [-0.3, -0.25) is 4.79 Å². The van der Waals surface area contributed by atoms with Crippen LogP contribution in [0.4, 0.5) is 4.39 Å². The van der Waals surface area contributed by atoms with Crippen molar-refractivity contribution in [1.29, 1.82) is 0 Å². The summed E-state index contributed by atoms with van der Waals surface area (Å²) in [4.78, 5) is 12.8. The van der Waals surface area contributed by atoms with Crippen LogP contribution < -0.4 is 5.32 Å². The maximum atomic E-state index is 13.8. The van der Waals surface area contributed by atoms with Gasteiger partial charge in [0.1, 0.15) is 5.82 Å². The Morgan fingerprint density at radius 2 is 1.97 bits per heavy atom.